The van der Waals surface area contributed by atoms with Crippen molar-refractivity contribution in [2.75, 3.05) is 26.8 Å². The number of carbonyl (C=O) groups is 2. The summed E-state index contributed by atoms with van der Waals surface area (Å²) in [6.45, 7) is 3.27. The lowest BCUT2D eigenvalue weighted by Gasteiger charge is -2.31. The van der Waals surface area contributed by atoms with Gasteiger partial charge in [-0.3, -0.25) is 9.59 Å². The standard InChI is InChI=1S/C31H36N2O4/c1-3-37-31(35)25-11-8-18-32(21-25)30(34)22-14-16-26(17-15-22)33-28-13-6-4-5-9-24(28)20-29(33)23-10-7-12-27(19-23)36-2/h7,10,12,14-17,19-20,25H,3-6,8-9,11,13,18,21H2,1-2H3. The van der Waals surface area contributed by atoms with Crippen LogP contribution in [0.3, 0.4) is 0 Å². The van der Waals surface area contributed by atoms with Crippen molar-refractivity contribution in [2.45, 2.75) is 51.9 Å². The highest BCUT2D eigenvalue weighted by atomic mass is 16.5. The van der Waals surface area contributed by atoms with Gasteiger partial charge in [-0.05, 0) is 93.5 Å². The molecular formula is C31H36N2O4. The molecule has 1 aliphatic heterocycles. The molecule has 1 atom stereocenters. The predicted octanol–water partition coefficient (Wildman–Crippen LogP) is 5.84. The normalized spacial score (nSPS) is 17.6. The molecule has 1 saturated heterocycles. The van der Waals surface area contributed by atoms with Crippen molar-refractivity contribution < 1.29 is 19.1 Å². The van der Waals surface area contributed by atoms with Crippen LogP contribution in [0.1, 0.15) is 60.6 Å². The average molecular weight is 501 g/mol. The maximum atomic E-state index is 13.3. The highest BCUT2D eigenvalue weighted by Crippen LogP contribution is 2.35. The van der Waals surface area contributed by atoms with Crippen molar-refractivity contribution in [3.8, 4) is 22.7 Å². The summed E-state index contributed by atoms with van der Waals surface area (Å²) in [5.41, 5.74) is 6.75. The molecule has 2 heterocycles. The fourth-order valence-electron chi connectivity index (χ4n) is 5.71. The maximum absolute atomic E-state index is 13.3. The smallest absolute Gasteiger partial charge is 0.310 e. The Bertz CT molecular complexity index is 1260. The zero-order valence-electron chi connectivity index (χ0n) is 21.9. The number of benzene rings is 2. The second-order valence-corrected chi connectivity index (χ2v) is 10.0. The third-order valence-electron chi connectivity index (χ3n) is 7.62. The van der Waals surface area contributed by atoms with Gasteiger partial charge in [0, 0.05) is 35.6 Å². The van der Waals surface area contributed by atoms with Crippen LogP contribution in [0.25, 0.3) is 16.9 Å². The zero-order valence-corrected chi connectivity index (χ0v) is 21.9. The molecule has 0 spiro atoms. The summed E-state index contributed by atoms with van der Waals surface area (Å²) in [5, 5.41) is 0. The second-order valence-electron chi connectivity index (χ2n) is 10.0. The third kappa shape index (κ3) is 5.29. The lowest BCUT2D eigenvalue weighted by Crippen LogP contribution is -2.42. The summed E-state index contributed by atoms with van der Waals surface area (Å²) >= 11 is 0. The van der Waals surface area contributed by atoms with Crippen LogP contribution in [0.15, 0.2) is 54.6 Å². The van der Waals surface area contributed by atoms with Gasteiger partial charge in [0.05, 0.1) is 25.3 Å². The fourth-order valence-corrected chi connectivity index (χ4v) is 5.71. The van der Waals surface area contributed by atoms with Crippen LogP contribution < -0.4 is 4.74 Å². The van der Waals surface area contributed by atoms with Gasteiger partial charge in [-0.2, -0.15) is 0 Å². The molecule has 1 aliphatic carbocycles. The van der Waals surface area contributed by atoms with E-state index in [9.17, 15) is 9.59 Å². The van der Waals surface area contributed by atoms with Crippen molar-refractivity contribution in [2.24, 2.45) is 5.92 Å². The Labute approximate surface area is 219 Å². The molecule has 1 amide bonds. The molecule has 194 valence electrons. The summed E-state index contributed by atoms with van der Waals surface area (Å²) in [4.78, 5) is 27.3. The Balaban J connectivity index is 1.44. The van der Waals surface area contributed by atoms with Gasteiger partial charge in [0.25, 0.3) is 5.91 Å². The van der Waals surface area contributed by atoms with Gasteiger partial charge >= 0.3 is 5.97 Å². The molecule has 37 heavy (non-hydrogen) atoms. The van der Waals surface area contributed by atoms with Gasteiger partial charge in [0.2, 0.25) is 0 Å². The molecule has 2 aromatic carbocycles. The Kier molecular flexibility index (Phi) is 7.63. The van der Waals surface area contributed by atoms with Gasteiger partial charge in [0.1, 0.15) is 5.75 Å². The number of esters is 1. The lowest BCUT2D eigenvalue weighted by atomic mass is 9.97. The van der Waals surface area contributed by atoms with E-state index < -0.39 is 0 Å². The maximum Gasteiger partial charge on any atom is 0.310 e. The number of rotatable bonds is 6. The van der Waals surface area contributed by atoms with Gasteiger partial charge in [0.15, 0.2) is 0 Å². The highest BCUT2D eigenvalue weighted by Gasteiger charge is 2.30. The molecule has 0 N–H and O–H groups in total. The van der Waals surface area contributed by atoms with Gasteiger partial charge < -0.3 is 18.9 Å². The van der Waals surface area contributed by atoms with Crippen molar-refractivity contribution >= 4 is 11.9 Å². The minimum absolute atomic E-state index is 0.0279. The summed E-state index contributed by atoms with van der Waals surface area (Å²) in [6.07, 6.45) is 7.36. The number of fused-ring (bicyclic) bond motifs is 1. The molecule has 6 heteroatoms. The number of methoxy groups -OCH3 is 1. The third-order valence-corrected chi connectivity index (χ3v) is 7.62. The number of likely N-dealkylation sites (tertiary alicyclic amines) is 1. The molecule has 6 nitrogen and oxygen atoms in total. The molecular weight excluding hydrogens is 464 g/mol. The first-order valence-electron chi connectivity index (χ1n) is 13.5. The Hall–Kier alpha value is -3.54. The number of aryl methyl sites for hydroxylation is 1. The van der Waals surface area contributed by atoms with E-state index in [-0.39, 0.29) is 17.8 Å². The van der Waals surface area contributed by atoms with Crippen molar-refractivity contribution in [3.63, 3.8) is 0 Å². The largest absolute Gasteiger partial charge is 0.497 e. The minimum atomic E-state index is -0.238. The molecule has 1 unspecified atom stereocenters. The first-order valence-corrected chi connectivity index (χ1v) is 13.5. The van der Waals surface area contributed by atoms with Crippen LogP contribution in [-0.2, 0) is 22.4 Å². The Morgan fingerprint density at radius 1 is 0.973 bits per heavy atom. The van der Waals surface area contributed by atoms with Crippen LogP contribution in [0.2, 0.25) is 0 Å². The molecule has 2 aliphatic rings. The van der Waals surface area contributed by atoms with Crippen LogP contribution in [0, 0.1) is 5.92 Å². The Morgan fingerprint density at radius 3 is 2.57 bits per heavy atom. The van der Waals surface area contributed by atoms with E-state index in [0.29, 0.717) is 25.3 Å². The number of piperidine rings is 1. The zero-order chi connectivity index (χ0) is 25.8. The minimum Gasteiger partial charge on any atom is -0.497 e. The quantitative estimate of drug-likeness (QED) is 0.315. The fraction of sp³-hybridized carbons (Fsp3) is 0.419. The van der Waals surface area contributed by atoms with Crippen LogP contribution >= 0.6 is 0 Å². The van der Waals surface area contributed by atoms with E-state index in [2.05, 4.69) is 34.9 Å². The molecule has 3 aromatic rings. The highest BCUT2D eigenvalue weighted by molar-refractivity contribution is 5.95. The van der Waals surface area contributed by atoms with E-state index >= 15 is 0 Å². The monoisotopic (exact) mass is 500 g/mol. The van der Waals surface area contributed by atoms with Gasteiger partial charge in [-0.15, -0.1) is 0 Å². The number of aromatic nitrogens is 1. The van der Waals surface area contributed by atoms with E-state index in [1.54, 1.807) is 12.0 Å². The van der Waals surface area contributed by atoms with Crippen LogP contribution in [0.4, 0.5) is 0 Å². The van der Waals surface area contributed by atoms with E-state index in [4.69, 9.17) is 9.47 Å². The van der Waals surface area contributed by atoms with E-state index in [0.717, 1.165) is 48.4 Å². The van der Waals surface area contributed by atoms with E-state index in [1.165, 1.54) is 30.5 Å². The SMILES string of the molecule is CCOC(=O)C1CCCN(C(=O)c2ccc(-n3c(-c4cccc(OC)c4)cc4c3CCCCC4)cc2)C1. The van der Waals surface area contributed by atoms with Gasteiger partial charge in [-0.25, -0.2) is 0 Å². The summed E-state index contributed by atoms with van der Waals surface area (Å²) in [5.74, 6) is 0.371. The van der Waals surface area contributed by atoms with Crippen LogP contribution in [-0.4, -0.2) is 48.1 Å². The molecule has 1 fully saturated rings. The molecule has 0 radical (unpaired) electrons. The summed E-state index contributed by atoms with van der Waals surface area (Å²) in [6, 6.07) is 18.5. The average Bonchev–Trinajstić information content (AvgIpc) is 3.15. The number of amides is 1. The second kappa shape index (κ2) is 11.2. The van der Waals surface area contributed by atoms with Gasteiger partial charge in [-0.1, -0.05) is 18.6 Å². The number of ether oxygens (including phenoxy) is 2. The molecule has 0 bridgehead atoms. The first kappa shape index (κ1) is 25.1. The Morgan fingerprint density at radius 2 is 1.78 bits per heavy atom. The predicted molar refractivity (Wildman–Crippen MR) is 144 cm³/mol. The molecule has 1 aromatic heterocycles. The number of carbonyl (C=O) groups excluding carboxylic acids is 2. The van der Waals surface area contributed by atoms with Crippen LogP contribution in [0.5, 0.6) is 5.75 Å². The van der Waals surface area contributed by atoms with E-state index in [1.807, 2.05) is 31.2 Å². The number of nitrogens with zero attached hydrogens (tertiary/aromatic N) is 2. The topological polar surface area (TPSA) is 60.8 Å². The van der Waals surface area contributed by atoms with Crippen molar-refractivity contribution in [1.29, 1.82) is 0 Å². The number of hydrogen-bond acceptors (Lipinski definition) is 4. The van der Waals surface area contributed by atoms with Crippen molar-refractivity contribution in [3.05, 3.63) is 71.4 Å². The summed E-state index contributed by atoms with van der Waals surface area (Å²) in [7, 11) is 1.69. The first-order chi connectivity index (χ1) is 18.1. The number of hydrogen-bond donors (Lipinski definition) is 0. The lowest BCUT2D eigenvalue weighted by molar-refractivity contribution is -0.149. The van der Waals surface area contributed by atoms with Crippen molar-refractivity contribution in [1.82, 2.24) is 9.47 Å². The molecule has 0 saturated carbocycles. The summed E-state index contributed by atoms with van der Waals surface area (Å²) < 4.78 is 13.1. The molecule has 5 rings (SSSR count).